The second-order valence-corrected chi connectivity index (χ2v) is 6.06. The smallest absolute Gasteiger partial charge is 0.269 e. The molecule has 7 nitrogen and oxygen atoms in total. The van der Waals surface area contributed by atoms with Gasteiger partial charge in [0, 0.05) is 11.9 Å². The lowest BCUT2D eigenvalue weighted by molar-refractivity contribution is 0.0830. The number of rotatable bonds is 8. The zero-order chi connectivity index (χ0) is 19.9. The Balaban J connectivity index is 1.56. The zero-order valence-electron chi connectivity index (χ0n) is 15.7. The molecular formula is C21H22N2O5. The van der Waals surface area contributed by atoms with Crippen LogP contribution in [0.3, 0.4) is 0 Å². The summed E-state index contributed by atoms with van der Waals surface area (Å²) in [6, 6.07) is 16.3. The first-order valence-electron chi connectivity index (χ1n) is 8.78. The molecule has 0 spiro atoms. The quantitative estimate of drug-likeness (QED) is 0.622. The summed E-state index contributed by atoms with van der Waals surface area (Å²) in [5, 5.41) is 13.8. The molecule has 2 aromatic carbocycles. The van der Waals surface area contributed by atoms with E-state index >= 15 is 0 Å². The van der Waals surface area contributed by atoms with Crippen molar-refractivity contribution in [2.24, 2.45) is 0 Å². The average molecular weight is 382 g/mol. The third-order valence-electron chi connectivity index (χ3n) is 4.13. The lowest BCUT2D eigenvalue weighted by atomic mass is 10.2. The number of aromatic nitrogens is 1. The van der Waals surface area contributed by atoms with E-state index in [9.17, 15) is 9.90 Å². The standard InChI is InChI=1S/C21H22N2O5/c1-26-18-8-5-9-19(27-2)20(18)28-13-15(24)12-22-21(25)17-11-10-14-6-3-4-7-16(14)23-17/h3-11,15,24H,12-13H2,1-2H3,(H,22,25). The molecule has 0 aliphatic carbocycles. The fourth-order valence-corrected chi connectivity index (χ4v) is 2.69. The number of benzene rings is 2. The van der Waals surface area contributed by atoms with Crippen molar-refractivity contribution in [3.8, 4) is 17.2 Å². The average Bonchev–Trinajstić information content (AvgIpc) is 2.75. The third kappa shape index (κ3) is 4.50. The lowest BCUT2D eigenvalue weighted by Gasteiger charge is -2.17. The number of pyridine rings is 1. The Morgan fingerprint density at radius 2 is 1.75 bits per heavy atom. The van der Waals surface area contributed by atoms with Crippen LogP contribution in [0.25, 0.3) is 10.9 Å². The molecule has 3 rings (SSSR count). The molecule has 1 heterocycles. The molecule has 0 aliphatic rings. The van der Waals surface area contributed by atoms with Gasteiger partial charge in [-0.05, 0) is 24.3 Å². The number of hydrogen-bond acceptors (Lipinski definition) is 6. The Morgan fingerprint density at radius 3 is 2.46 bits per heavy atom. The van der Waals surface area contributed by atoms with Crippen molar-refractivity contribution < 1.29 is 24.1 Å². The lowest BCUT2D eigenvalue weighted by Crippen LogP contribution is -2.35. The van der Waals surface area contributed by atoms with Crippen molar-refractivity contribution in [3.63, 3.8) is 0 Å². The van der Waals surface area contributed by atoms with E-state index in [1.54, 1.807) is 24.3 Å². The number of ether oxygens (including phenoxy) is 3. The molecule has 1 atom stereocenters. The fourth-order valence-electron chi connectivity index (χ4n) is 2.69. The van der Waals surface area contributed by atoms with Crippen molar-refractivity contribution in [2.45, 2.75) is 6.10 Å². The number of hydrogen-bond donors (Lipinski definition) is 2. The molecule has 0 bridgehead atoms. The second kappa shape index (κ2) is 9.05. The molecule has 0 saturated heterocycles. The Morgan fingerprint density at radius 1 is 1.04 bits per heavy atom. The molecular weight excluding hydrogens is 360 g/mol. The highest BCUT2D eigenvalue weighted by Crippen LogP contribution is 2.36. The largest absolute Gasteiger partial charge is 0.493 e. The number of carbonyl (C=O) groups is 1. The summed E-state index contributed by atoms with van der Waals surface area (Å²) in [6.07, 6.45) is -0.918. The minimum atomic E-state index is -0.918. The van der Waals surface area contributed by atoms with Gasteiger partial charge < -0.3 is 24.6 Å². The summed E-state index contributed by atoms with van der Waals surface area (Å²) < 4.78 is 16.1. The van der Waals surface area contributed by atoms with Crippen molar-refractivity contribution >= 4 is 16.8 Å². The van der Waals surface area contributed by atoms with Crippen molar-refractivity contribution in [2.75, 3.05) is 27.4 Å². The first-order valence-corrected chi connectivity index (χ1v) is 8.78. The monoisotopic (exact) mass is 382 g/mol. The van der Waals surface area contributed by atoms with Crippen LogP contribution in [0, 0.1) is 0 Å². The zero-order valence-corrected chi connectivity index (χ0v) is 15.7. The van der Waals surface area contributed by atoms with Crippen LogP contribution in [0.5, 0.6) is 17.2 Å². The van der Waals surface area contributed by atoms with Crippen molar-refractivity contribution in [1.82, 2.24) is 10.3 Å². The molecule has 2 N–H and O–H groups in total. The number of methoxy groups -OCH3 is 2. The maximum Gasteiger partial charge on any atom is 0.269 e. The summed E-state index contributed by atoms with van der Waals surface area (Å²) in [5.41, 5.74) is 1.03. The van der Waals surface area contributed by atoms with Gasteiger partial charge in [0.1, 0.15) is 18.4 Å². The topological polar surface area (TPSA) is 89.9 Å². The van der Waals surface area contributed by atoms with E-state index in [2.05, 4.69) is 10.3 Å². The number of aliphatic hydroxyl groups excluding tert-OH is 1. The molecule has 28 heavy (non-hydrogen) atoms. The van der Waals surface area contributed by atoms with Crippen LogP contribution >= 0.6 is 0 Å². The van der Waals surface area contributed by atoms with Crippen LogP contribution in [-0.2, 0) is 0 Å². The van der Waals surface area contributed by atoms with E-state index in [-0.39, 0.29) is 19.1 Å². The maximum absolute atomic E-state index is 12.3. The van der Waals surface area contributed by atoms with E-state index < -0.39 is 6.10 Å². The highest BCUT2D eigenvalue weighted by molar-refractivity contribution is 5.94. The molecule has 3 aromatic rings. The van der Waals surface area contributed by atoms with Crippen LogP contribution in [0.15, 0.2) is 54.6 Å². The van der Waals surface area contributed by atoms with Crippen LogP contribution in [0.2, 0.25) is 0 Å². The number of para-hydroxylation sites is 2. The van der Waals surface area contributed by atoms with Gasteiger partial charge in [-0.2, -0.15) is 0 Å². The van der Waals surface area contributed by atoms with Gasteiger partial charge in [0.25, 0.3) is 5.91 Å². The van der Waals surface area contributed by atoms with Gasteiger partial charge in [-0.1, -0.05) is 30.3 Å². The van der Waals surface area contributed by atoms with Crippen LogP contribution in [0.1, 0.15) is 10.5 Å². The van der Waals surface area contributed by atoms with E-state index in [4.69, 9.17) is 14.2 Å². The summed E-state index contributed by atoms with van der Waals surface area (Å²) in [6.45, 7) is -0.0209. The number of amides is 1. The molecule has 1 aromatic heterocycles. The molecule has 0 aliphatic heterocycles. The van der Waals surface area contributed by atoms with E-state index in [0.29, 0.717) is 22.9 Å². The van der Waals surface area contributed by atoms with Crippen LogP contribution < -0.4 is 19.5 Å². The van der Waals surface area contributed by atoms with Crippen molar-refractivity contribution in [3.05, 3.63) is 60.3 Å². The van der Waals surface area contributed by atoms with Gasteiger partial charge in [-0.3, -0.25) is 4.79 Å². The maximum atomic E-state index is 12.3. The highest BCUT2D eigenvalue weighted by atomic mass is 16.5. The van der Waals surface area contributed by atoms with E-state index in [0.717, 1.165) is 10.9 Å². The molecule has 0 radical (unpaired) electrons. The molecule has 146 valence electrons. The number of fused-ring (bicyclic) bond motifs is 1. The molecule has 0 saturated carbocycles. The molecule has 7 heteroatoms. The number of carbonyl (C=O) groups excluding carboxylic acids is 1. The molecule has 1 amide bonds. The fraction of sp³-hybridized carbons (Fsp3) is 0.238. The Hall–Kier alpha value is -3.32. The van der Waals surface area contributed by atoms with E-state index in [1.807, 2.05) is 30.3 Å². The summed E-state index contributed by atoms with van der Waals surface area (Å²) in [5.74, 6) is 1.03. The normalized spacial score (nSPS) is 11.7. The Bertz CT molecular complexity index is 938. The highest BCUT2D eigenvalue weighted by Gasteiger charge is 2.15. The second-order valence-electron chi connectivity index (χ2n) is 6.06. The van der Waals surface area contributed by atoms with Gasteiger partial charge in [-0.25, -0.2) is 4.98 Å². The summed E-state index contributed by atoms with van der Waals surface area (Å²) in [4.78, 5) is 16.6. The predicted molar refractivity (Wildman–Crippen MR) is 105 cm³/mol. The number of nitrogens with zero attached hydrogens (tertiary/aromatic N) is 1. The summed E-state index contributed by atoms with van der Waals surface area (Å²) >= 11 is 0. The van der Waals surface area contributed by atoms with Gasteiger partial charge in [0.2, 0.25) is 5.75 Å². The Labute approximate surface area is 162 Å². The van der Waals surface area contributed by atoms with Crippen molar-refractivity contribution in [1.29, 1.82) is 0 Å². The van der Waals surface area contributed by atoms with Crippen LogP contribution in [-0.4, -0.2) is 49.5 Å². The number of nitrogens with one attached hydrogen (secondary N) is 1. The first-order chi connectivity index (χ1) is 13.6. The van der Waals surface area contributed by atoms with Gasteiger partial charge in [0.15, 0.2) is 11.5 Å². The molecule has 1 unspecified atom stereocenters. The number of aliphatic hydroxyl groups is 1. The first kappa shape index (κ1) is 19.4. The third-order valence-corrected chi connectivity index (χ3v) is 4.13. The van der Waals surface area contributed by atoms with Gasteiger partial charge in [0.05, 0.1) is 19.7 Å². The van der Waals surface area contributed by atoms with Gasteiger partial charge in [-0.15, -0.1) is 0 Å². The van der Waals surface area contributed by atoms with E-state index in [1.165, 1.54) is 14.2 Å². The summed E-state index contributed by atoms with van der Waals surface area (Å²) in [7, 11) is 3.05. The Kier molecular flexibility index (Phi) is 6.29. The molecule has 0 fully saturated rings. The predicted octanol–water partition coefficient (Wildman–Crippen LogP) is 2.42. The minimum absolute atomic E-state index is 0.0187. The SMILES string of the molecule is COc1cccc(OC)c1OCC(O)CNC(=O)c1ccc2ccccc2n1. The van der Waals surface area contributed by atoms with Crippen LogP contribution in [0.4, 0.5) is 0 Å². The van der Waals surface area contributed by atoms with Gasteiger partial charge >= 0.3 is 0 Å². The minimum Gasteiger partial charge on any atom is -0.493 e.